The fourth-order valence-corrected chi connectivity index (χ4v) is 7.69. The average molecular weight is 474 g/mol. The third kappa shape index (κ3) is 2.36. The quantitative estimate of drug-likeness (QED) is 0.501. The number of carbonyl (C=O) groups is 2. The number of furan rings is 1. The predicted octanol–water partition coefficient (Wildman–Crippen LogP) is 3.62. The Hall–Kier alpha value is -2.13. The van der Waals surface area contributed by atoms with Crippen molar-refractivity contribution in [2.75, 3.05) is 32.1 Å². The van der Waals surface area contributed by atoms with Gasteiger partial charge in [0.1, 0.15) is 14.8 Å². The molecule has 1 aromatic heterocycles. The molecular formula is C22H20ClN3O3S2. The van der Waals surface area contributed by atoms with E-state index in [-0.39, 0.29) is 24.3 Å². The minimum atomic E-state index is -1.28. The van der Waals surface area contributed by atoms with E-state index >= 15 is 0 Å². The highest BCUT2D eigenvalue weighted by Gasteiger charge is 2.79. The van der Waals surface area contributed by atoms with Gasteiger partial charge in [0, 0.05) is 36.4 Å². The van der Waals surface area contributed by atoms with Crippen molar-refractivity contribution in [2.45, 2.75) is 16.2 Å². The number of hydrogen-bond acceptors (Lipinski definition) is 6. The van der Waals surface area contributed by atoms with Crippen LogP contribution in [0.3, 0.4) is 0 Å². The molecule has 3 atom stereocenters. The van der Waals surface area contributed by atoms with E-state index in [0.717, 1.165) is 5.69 Å². The Balaban J connectivity index is 1.85. The van der Waals surface area contributed by atoms with Gasteiger partial charge in [0.2, 0.25) is 5.91 Å². The molecule has 3 aliphatic heterocycles. The normalized spacial score (nSPS) is 30.3. The van der Waals surface area contributed by atoms with Crippen molar-refractivity contribution in [3.05, 3.63) is 65.6 Å². The third-order valence-corrected chi connectivity index (χ3v) is 8.79. The lowest BCUT2D eigenvalue weighted by atomic mass is 9.73. The van der Waals surface area contributed by atoms with Crippen LogP contribution in [0.25, 0.3) is 0 Å². The number of amides is 2. The Morgan fingerprint density at radius 2 is 2.10 bits per heavy atom. The van der Waals surface area contributed by atoms with Crippen molar-refractivity contribution < 1.29 is 14.0 Å². The Labute approximate surface area is 194 Å². The fraction of sp³-hybridized carbons (Fsp3) is 0.318. The molecule has 0 aliphatic carbocycles. The SMILES string of the molecule is C=CCN1C(=O)[C@]2(SC1=S)[C@@H](c1ccco1)CN(C)[C@@]21C(=O)N(C)c2ccc(Cl)cc21. The molecule has 2 saturated heterocycles. The van der Waals surface area contributed by atoms with Crippen molar-refractivity contribution in [3.63, 3.8) is 0 Å². The minimum Gasteiger partial charge on any atom is -0.469 e. The van der Waals surface area contributed by atoms with Crippen LogP contribution in [0.15, 0.2) is 53.7 Å². The highest BCUT2D eigenvalue weighted by atomic mass is 35.5. The molecule has 0 unspecified atom stereocenters. The van der Waals surface area contributed by atoms with Crippen LogP contribution in [-0.2, 0) is 15.1 Å². The van der Waals surface area contributed by atoms with Crippen molar-refractivity contribution >= 4 is 57.4 Å². The molecule has 160 valence electrons. The van der Waals surface area contributed by atoms with Gasteiger partial charge in [0.15, 0.2) is 5.54 Å². The summed E-state index contributed by atoms with van der Waals surface area (Å²) < 4.78 is 4.98. The number of nitrogens with zero attached hydrogens (tertiary/aromatic N) is 3. The van der Waals surface area contributed by atoms with Gasteiger partial charge in [-0.3, -0.25) is 19.4 Å². The minimum absolute atomic E-state index is 0.176. The summed E-state index contributed by atoms with van der Waals surface area (Å²) in [5, 5.41) is 0.507. The highest BCUT2D eigenvalue weighted by Crippen LogP contribution is 2.66. The monoisotopic (exact) mass is 473 g/mol. The summed E-state index contributed by atoms with van der Waals surface area (Å²) in [5.41, 5.74) is 0.177. The third-order valence-electron chi connectivity index (χ3n) is 6.61. The zero-order valence-electron chi connectivity index (χ0n) is 17.0. The molecule has 9 heteroatoms. The molecule has 2 amide bonds. The van der Waals surface area contributed by atoms with Gasteiger partial charge in [0.25, 0.3) is 5.91 Å². The lowest BCUT2D eigenvalue weighted by molar-refractivity contribution is -0.138. The Morgan fingerprint density at radius 1 is 1.32 bits per heavy atom. The van der Waals surface area contributed by atoms with Gasteiger partial charge < -0.3 is 9.32 Å². The van der Waals surface area contributed by atoms with Crippen molar-refractivity contribution in [2.24, 2.45) is 0 Å². The van der Waals surface area contributed by atoms with E-state index in [1.54, 1.807) is 47.4 Å². The fourth-order valence-electron chi connectivity index (χ4n) is 5.40. The number of benzene rings is 1. The van der Waals surface area contributed by atoms with Crippen LogP contribution in [-0.4, -0.2) is 57.9 Å². The molecule has 0 N–H and O–H groups in total. The van der Waals surface area contributed by atoms with Crippen LogP contribution in [0.2, 0.25) is 5.02 Å². The molecule has 5 rings (SSSR count). The van der Waals surface area contributed by atoms with E-state index < -0.39 is 10.3 Å². The number of halogens is 1. The maximum absolute atomic E-state index is 14.2. The maximum Gasteiger partial charge on any atom is 0.254 e. The number of likely N-dealkylation sites (tertiary alicyclic amines) is 1. The number of carbonyl (C=O) groups excluding carboxylic acids is 2. The molecule has 6 nitrogen and oxygen atoms in total. The van der Waals surface area contributed by atoms with Crippen molar-refractivity contribution in [1.29, 1.82) is 0 Å². The number of likely N-dealkylation sites (N-methyl/N-ethyl adjacent to an activating group) is 2. The molecule has 0 saturated carbocycles. The summed E-state index contributed by atoms with van der Waals surface area (Å²) in [6, 6.07) is 9.04. The number of rotatable bonds is 3. The first-order chi connectivity index (χ1) is 14.8. The summed E-state index contributed by atoms with van der Waals surface area (Å²) in [4.78, 5) is 33.4. The molecule has 3 aliphatic rings. The van der Waals surface area contributed by atoms with Crippen LogP contribution in [0, 0.1) is 0 Å². The van der Waals surface area contributed by atoms with Gasteiger partial charge in [-0.05, 0) is 37.4 Å². The zero-order valence-corrected chi connectivity index (χ0v) is 19.4. The second-order valence-electron chi connectivity index (χ2n) is 7.99. The summed E-state index contributed by atoms with van der Waals surface area (Å²) in [5.74, 6) is -0.119. The average Bonchev–Trinajstić information content (AvgIpc) is 3.45. The predicted molar refractivity (Wildman–Crippen MR) is 125 cm³/mol. The van der Waals surface area contributed by atoms with Crippen LogP contribution in [0.4, 0.5) is 5.69 Å². The second-order valence-corrected chi connectivity index (χ2v) is 10.3. The van der Waals surface area contributed by atoms with E-state index in [2.05, 4.69) is 6.58 Å². The molecule has 2 fully saturated rings. The van der Waals surface area contributed by atoms with Crippen molar-refractivity contribution in [3.8, 4) is 0 Å². The number of thiocarbonyl (C=S) groups is 1. The van der Waals surface area contributed by atoms with E-state index in [1.807, 2.05) is 24.1 Å². The van der Waals surface area contributed by atoms with Gasteiger partial charge >= 0.3 is 0 Å². The first kappa shape index (κ1) is 20.8. The zero-order chi connectivity index (χ0) is 22.1. The number of thioether (sulfide) groups is 1. The Bertz CT molecular complexity index is 1140. The van der Waals surface area contributed by atoms with E-state index in [4.69, 9.17) is 28.2 Å². The lowest BCUT2D eigenvalue weighted by Crippen LogP contribution is -2.62. The van der Waals surface area contributed by atoms with E-state index in [9.17, 15) is 9.59 Å². The Morgan fingerprint density at radius 3 is 2.77 bits per heavy atom. The standard InChI is InChI=1S/C22H20ClN3O3S2/c1-4-9-26-19(28)22(31-20(26)30)15(17-6-5-10-29-17)12-24(2)21(22)14-11-13(23)7-8-16(14)25(3)18(21)27/h4-8,10-11,15H,1,9,12H2,2-3H3/t15-,21+,22-/m1/s1. The topological polar surface area (TPSA) is 57.0 Å². The van der Waals surface area contributed by atoms with Gasteiger partial charge in [-0.1, -0.05) is 41.7 Å². The van der Waals surface area contributed by atoms with Crippen LogP contribution in [0.1, 0.15) is 17.2 Å². The molecule has 2 spiro atoms. The molecule has 31 heavy (non-hydrogen) atoms. The van der Waals surface area contributed by atoms with Gasteiger partial charge in [-0.25, -0.2) is 0 Å². The lowest BCUT2D eigenvalue weighted by Gasteiger charge is -2.41. The molecule has 1 aromatic carbocycles. The van der Waals surface area contributed by atoms with Gasteiger partial charge in [-0.2, -0.15) is 0 Å². The summed E-state index contributed by atoms with van der Waals surface area (Å²) >= 11 is 13.3. The smallest absolute Gasteiger partial charge is 0.254 e. The number of fused-ring (bicyclic) bond motifs is 3. The first-order valence-electron chi connectivity index (χ1n) is 9.79. The van der Waals surface area contributed by atoms with E-state index in [1.165, 1.54) is 11.8 Å². The highest BCUT2D eigenvalue weighted by molar-refractivity contribution is 8.25. The largest absolute Gasteiger partial charge is 0.469 e. The Kier molecular flexibility index (Phi) is 4.64. The maximum atomic E-state index is 14.2. The molecule has 4 heterocycles. The molecule has 0 radical (unpaired) electrons. The molecular weight excluding hydrogens is 454 g/mol. The summed E-state index contributed by atoms with van der Waals surface area (Å²) in [7, 11) is 3.61. The first-order valence-corrected chi connectivity index (χ1v) is 11.4. The van der Waals surface area contributed by atoms with Gasteiger partial charge in [0.05, 0.1) is 12.2 Å². The number of hydrogen-bond donors (Lipinski definition) is 0. The summed E-state index contributed by atoms with van der Waals surface area (Å²) in [6.07, 6.45) is 3.23. The molecule has 2 aromatic rings. The van der Waals surface area contributed by atoms with E-state index in [0.29, 0.717) is 27.2 Å². The molecule has 0 bridgehead atoms. The van der Waals surface area contributed by atoms with Crippen molar-refractivity contribution in [1.82, 2.24) is 9.80 Å². The van der Waals surface area contributed by atoms with Crippen LogP contribution in [0.5, 0.6) is 0 Å². The number of anilines is 1. The summed E-state index contributed by atoms with van der Waals surface area (Å²) in [6.45, 7) is 4.50. The van der Waals surface area contributed by atoms with Gasteiger partial charge in [-0.15, -0.1) is 6.58 Å². The second kappa shape index (κ2) is 6.93. The van der Waals surface area contributed by atoms with Crippen LogP contribution < -0.4 is 4.90 Å². The van der Waals surface area contributed by atoms with Crippen LogP contribution >= 0.6 is 35.6 Å².